The summed E-state index contributed by atoms with van der Waals surface area (Å²) in [6.45, 7) is 1.03. The first-order valence-electron chi connectivity index (χ1n) is 6.39. The van der Waals surface area contributed by atoms with Crippen LogP contribution in [0, 0.1) is 0 Å². The Bertz CT molecular complexity index is 920. The zero-order chi connectivity index (χ0) is 14.4. The largest absolute Gasteiger partial charge is 0.461 e. The van der Waals surface area contributed by atoms with Gasteiger partial charge in [0.15, 0.2) is 17.1 Å². The smallest absolute Gasteiger partial charge is 0.225 e. The van der Waals surface area contributed by atoms with Crippen molar-refractivity contribution in [1.82, 2.24) is 29.4 Å². The number of rotatable bonds is 3. The molecule has 4 heterocycles. The van der Waals surface area contributed by atoms with Gasteiger partial charge in [-0.3, -0.25) is 0 Å². The molecule has 0 saturated heterocycles. The van der Waals surface area contributed by atoms with Crippen molar-refractivity contribution in [1.29, 1.82) is 0 Å². The standard InChI is InChI=1S/C12H12N8O/c13-3-4-19-10-7(6-15-19)11-16-9(8-2-1-5-21-8)18-20(11)12(14)17-10/h1-2,5-6H,3-4,13H2,(H2,14,17). The normalized spacial score (nSPS) is 11.7. The number of anilines is 1. The van der Waals surface area contributed by atoms with Gasteiger partial charge in [-0.15, -0.1) is 5.10 Å². The summed E-state index contributed by atoms with van der Waals surface area (Å²) >= 11 is 0. The lowest BCUT2D eigenvalue weighted by atomic mass is 10.4. The number of hydrogen-bond donors (Lipinski definition) is 2. The molecule has 4 rings (SSSR count). The molecule has 21 heavy (non-hydrogen) atoms. The monoisotopic (exact) mass is 284 g/mol. The number of nitrogen functional groups attached to an aromatic ring is 1. The molecule has 0 aromatic carbocycles. The molecule has 9 heteroatoms. The Morgan fingerprint density at radius 3 is 2.90 bits per heavy atom. The molecule has 0 aliphatic heterocycles. The van der Waals surface area contributed by atoms with Crippen molar-refractivity contribution in [2.45, 2.75) is 6.54 Å². The number of furan rings is 1. The number of nitrogens with two attached hydrogens (primary N) is 2. The van der Waals surface area contributed by atoms with Gasteiger partial charge in [0.25, 0.3) is 0 Å². The molecule has 4 N–H and O–H groups in total. The molecule has 4 aromatic heterocycles. The van der Waals surface area contributed by atoms with Crippen LogP contribution in [0.15, 0.2) is 29.0 Å². The molecule has 4 aromatic rings. The molecule has 0 spiro atoms. The van der Waals surface area contributed by atoms with Crippen molar-refractivity contribution >= 4 is 22.6 Å². The van der Waals surface area contributed by atoms with E-state index in [0.717, 1.165) is 5.39 Å². The van der Waals surface area contributed by atoms with Gasteiger partial charge in [-0.05, 0) is 12.1 Å². The Labute approximate surface area is 118 Å². The maximum atomic E-state index is 5.96. The van der Waals surface area contributed by atoms with E-state index in [1.165, 1.54) is 4.52 Å². The minimum atomic E-state index is 0.238. The maximum absolute atomic E-state index is 5.96. The van der Waals surface area contributed by atoms with Crippen molar-refractivity contribution in [2.24, 2.45) is 5.73 Å². The quantitative estimate of drug-likeness (QED) is 0.553. The molecular formula is C12H12N8O. The molecule has 0 atom stereocenters. The van der Waals surface area contributed by atoms with Gasteiger partial charge in [-0.2, -0.15) is 14.6 Å². The van der Waals surface area contributed by atoms with Crippen LogP contribution in [0.2, 0.25) is 0 Å². The van der Waals surface area contributed by atoms with Crippen LogP contribution in [0.1, 0.15) is 0 Å². The van der Waals surface area contributed by atoms with E-state index in [4.69, 9.17) is 15.9 Å². The predicted molar refractivity (Wildman–Crippen MR) is 75.2 cm³/mol. The summed E-state index contributed by atoms with van der Waals surface area (Å²) in [6.07, 6.45) is 3.25. The summed E-state index contributed by atoms with van der Waals surface area (Å²) in [5.74, 6) is 1.26. The molecule has 0 aliphatic rings. The Balaban J connectivity index is 2.01. The highest BCUT2D eigenvalue weighted by Crippen LogP contribution is 2.23. The fourth-order valence-electron chi connectivity index (χ4n) is 2.25. The predicted octanol–water partition coefficient (Wildman–Crippen LogP) is 0.275. The Morgan fingerprint density at radius 1 is 1.24 bits per heavy atom. The fraction of sp³-hybridized carbons (Fsp3) is 0.167. The molecule has 0 fully saturated rings. The topological polar surface area (TPSA) is 126 Å². The summed E-state index contributed by atoms with van der Waals surface area (Å²) < 4.78 is 8.49. The minimum absolute atomic E-state index is 0.238. The highest BCUT2D eigenvalue weighted by Gasteiger charge is 2.17. The molecular weight excluding hydrogens is 272 g/mol. The van der Waals surface area contributed by atoms with Crippen molar-refractivity contribution < 1.29 is 4.42 Å². The summed E-state index contributed by atoms with van der Waals surface area (Å²) in [6, 6.07) is 3.56. The molecule has 9 nitrogen and oxygen atoms in total. The van der Waals surface area contributed by atoms with E-state index in [1.54, 1.807) is 29.3 Å². The summed E-state index contributed by atoms with van der Waals surface area (Å²) in [5, 5.41) is 9.35. The van der Waals surface area contributed by atoms with Crippen molar-refractivity contribution in [3.8, 4) is 11.6 Å². The summed E-state index contributed by atoms with van der Waals surface area (Å²) in [7, 11) is 0. The Hall–Kier alpha value is -2.94. The average Bonchev–Trinajstić information content (AvgIpc) is 3.16. The van der Waals surface area contributed by atoms with Gasteiger partial charge < -0.3 is 15.9 Å². The molecule has 0 unspecified atom stereocenters. The second-order valence-electron chi connectivity index (χ2n) is 4.51. The molecule has 106 valence electrons. The SMILES string of the molecule is NCCn1ncc2c1nc(N)n1nc(-c3ccco3)nc21. The first-order chi connectivity index (χ1) is 10.3. The van der Waals surface area contributed by atoms with Gasteiger partial charge in [0.05, 0.1) is 24.4 Å². The van der Waals surface area contributed by atoms with Crippen LogP contribution in [0.25, 0.3) is 28.3 Å². The van der Waals surface area contributed by atoms with E-state index < -0.39 is 0 Å². The van der Waals surface area contributed by atoms with E-state index in [-0.39, 0.29) is 5.95 Å². The molecule has 0 radical (unpaired) electrons. The molecule has 0 aliphatic carbocycles. The van der Waals surface area contributed by atoms with Crippen LogP contribution in [0.5, 0.6) is 0 Å². The van der Waals surface area contributed by atoms with Crippen molar-refractivity contribution in [3.05, 3.63) is 24.6 Å². The lowest BCUT2D eigenvalue weighted by Crippen LogP contribution is -2.12. The van der Waals surface area contributed by atoms with Crippen LogP contribution in [0.4, 0.5) is 5.95 Å². The Morgan fingerprint density at radius 2 is 2.14 bits per heavy atom. The highest BCUT2D eigenvalue weighted by molar-refractivity contribution is 5.90. The van der Waals surface area contributed by atoms with E-state index in [1.807, 2.05) is 0 Å². The van der Waals surface area contributed by atoms with Crippen LogP contribution in [-0.2, 0) is 6.54 Å². The molecule has 0 bridgehead atoms. The van der Waals surface area contributed by atoms with E-state index in [0.29, 0.717) is 36.0 Å². The second kappa shape index (κ2) is 4.28. The zero-order valence-electron chi connectivity index (χ0n) is 11.0. The van der Waals surface area contributed by atoms with Crippen LogP contribution < -0.4 is 11.5 Å². The van der Waals surface area contributed by atoms with Gasteiger partial charge in [-0.25, -0.2) is 9.67 Å². The lowest BCUT2D eigenvalue weighted by Gasteiger charge is -2.01. The van der Waals surface area contributed by atoms with Crippen LogP contribution in [0.3, 0.4) is 0 Å². The number of aromatic nitrogens is 6. The summed E-state index contributed by atoms with van der Waals surface area (Å²) in [5.41, 5.74) is 12.8. The fourth-order valence-corrected chi connectivity index (χ4v) is 2.25. The van der Waals surface area contributed by atoms with Gasteiger partial charge in [0, 0.05) is 6.54 Å². The van der Waals surface area contributed by atoms with Crippen molar-refractivity contribution in [2.75, 3.05) is 12.3 Å². The lowest BCUT2D eigenvalue weighted by molar-refractivity contribution is 0.577. The highest BCUT2D eigenvalue weighted by atomic mass is 16.3. The van der Waals surface area contributed by atoms with E-state index in [2.05, 4.69) is 20.2 Å². The van der Waals surface area contributed by atoms with Gasteiger partial charge in [0.1, 0.15) is 0 Å². The minimum Gasteiger partial charge on any atom is -0.461 e. The number of nitrogens with zero attached hydrogens (tertiary/aromatic N) is 6. The molecule has 0 saturated carbocycles. The third-order valence-electron chi connectivity index (χ3n) is 3.18. The van der Waals surface area contributed by atoms with E-state index >= 15 is 0 Å². The van der Waals surface area contributed by atoms with Gasteiger partial charge >= 0.3 is 0 Å². The van der Waals surface area contributed by atoms with Crippen molar-refractivity contribution in [3.63, 3.8) is 0 Å². The second-order valence-corrected chi connectivity index (χ2v) is 4.51. The Kier molecular flexibility index (Phi) is 2.42. The van der Waals surface area contributed by atoms with Crippen LogP contribution >= 0.6 is 0 Å². The van der Waals surface area contributed by atoms with Gasteiger partial charge in [0.2, 0.25) is 11.8 Å². The van der Waals surface area contributed by atoms with Crippen LogP contribution in [-0.4, -0.2) is 35.9 Å². The zero-order valence-corrected chi connectivity index (χ0v) is 11.0. The average molecular weight is 284 g/mol. The number of fused-ring (bicyclic) bond motifs is 3. The number of hydrogen-bond acceptors (Lipinski definition) is 7. The first kappa shape index (κ1) is 11.9. The third-order valence-corrected chi connectivity index (χ3v) is 3.18. The third kappa shape index (κ3) is 1.68. The van der Waals surface area contributed by atoms with E-state index in [9.17, 15) is 0 Å². The first-order valence-corrected chi connectivity index (χ1v) is 6.39. The van der Waals surface area contributed by atoms with Gasteiger partial charge in [-0.1, -0.05) is 0 Å². The maximum Gasteiger partial charge on any atom is 0.225 e. The molecule has 0 amide bonds. The summed E-state index contributed by atoms with van der Waals surface area (Å²) in [4.78, 5) is 8.80.